The van der Waals surface area contributed by atoms with E-state index >= 15 is 0 Å². The predicted octanol–water partition coefficient (Wildman–Crippen LogP) is 2.23. The molecule has 1 heterocycles. The van der Waals surface area contributed by atoms with Crippen LogP contribution >= 0.6 is 0 Å². The molecule has 0 radical (unpaired) electrons. The zero-order valence-corrected chi connectivity index (χ0v) is 13.8. The summed E-state index contributed by atoms with van der Waals surface area (Å²) in [5, 5.41) is 0. The fourth-order valence-electron chi connectivity index (χ4n) is 3.29. The van der Waals surface area contributed by atoms with Gasteiger partial charge in [-0.15, -0.1) is 0 Å². The van der Waals surface area contributed by atoms with Crippen molar-refractivity contribution in [3.63, 3.8) is 0 Å². The van der Waals surface area contributed by atoms with Crippen LogP contribution in [0.1, 0.15) is 37.3 Å². The second-order valence-electron chi connectivity index (χ2n) is 6.59. The highest BCUT2D eigenvalue weighted by Crippen LogP contribution is 2.25. The van der Waals surface area contributed by atoms with Crippen LogP contribution in [0, 0.1) is 0 Å². The quantitative estimate of drug-likeness (QED) is 0.670. The van der Waals surface area contributed by atoms with Crippen molar-refractivity contribution in [3.8, 4) is 0 Å². The summed E-state index contributed by atoms with van der Waals surface area (Å²) < 4.78 is 0. The zero-order chi connectivity index (χ0) is 15.5. The van der Waals surface area contributed by atoms with Crippen LogP contribution in [0.3, 0.4) is 0 Å². The molecule has 1 unspecified atom stereocenters. The van der Waals surface area contributed by atoms with Crippen LogP contribution < -0.4 is 5.73 Å². The van der Waals surface area contributed by atoms with Crippen molar-refractivity contribution in [3.05, 3.63) is 35.4 Å². The summed E-state index contributed by atoms with van der Waals surface area (Å²) in [6.07, 6.45) is 4.78. The maximum atomic E-state index is 6.12. The molecule has 1 aromatic carbocycles. The first-order valence-corrected chi connectivity index (χ1v) is 8.52. The standard InChI is InChI=1S/C18H28N4/c1-3-16(12-20-18(19)21(2)17-8-9-17)22-11-10-14-6-4-5-7-15(14)13-22/h4-7,16-17H,3,8-13H2,1-2H3,(H2,19,20). The largest absolute Gasteiger partial charge is 0.370 e. The van der Waals surface area contributed by atoms with Crippen molar-refractivity contribution in [1.82, 2.24) is 9.80 Å². The molecule has 1 fully saturated rings. The summed E-state index contributed by atoms with van der Waals surface area (Å²) in [6.45, 7) is 5.23. The Labute approximate surface area is 134 Å². The zero-order valence-electron chi connectivity index (χ0n) is 13.8. The molecule has 0 amide bonds. The summed E-state index contributed by atoms with van der Waals surface area (Å²) in [4.78, 5) is 9.37. The van der Waals surface area contributed by atoms with Gasteiger partial charge in [0, 0.05) is 32.2 Å². The van der Waals surface area contributed by atoms with E-state index in [1.54, 1.807) is 0 Å². The highest BCUT2D eigenvalue weighted by atomic mass is 15.3. The molecule has 4 nitrogen and oxygen atoms in total. The van der Waals surface area contributed by atoms with Crippen molar-refractivity contribution in [2.75, 3.05) is 20.1 Å². The van der Waals surface area contributed by atoms with Gasteiger partial charge in [-0.05, 0) is 36.8 Å². The van der Waals surface area contributed by atoms with Crippen LogP contribution in [0.25, 0.3) is 0 Å². The average molecular weight is 300 g/mol. The Hall–Kier alpha value is -1.55. The van der Waals surface area contributed by atoms with Gasteiger partial charge in [-0.3, -0.25) is 9.89 Å². The lowest BCUT2D eigenvalue weighted by Crippen LogP contribution is -2.42. The molecule has 0 saturated heterocycles. The molecular formula is C18H28N4. The van der Waals surface area contributed by atoms with Crippen LogP contribution in [0.15, 0.2) is 29.3 Å². The third kappa shape index (κ3) is 3.43. The summed E-state index contributed by atoms with van der Waals surface area (Å²) in [7, 11) is 2.06. The number of rotatable bonds is 5. The molecule has 1 aliphatic carbocycles. The Morgan fingerprint density at radius 2 is 2.09 bits per heavy atom. The van der Waals surface area contributed by atoms with Gasteiger partial charge in [0.25, 0.3) is 0 Å². The van der Waals surface area contributed by atoms with E-state index in [4.69, 9.17) is 5.73 Å². The van der Waals surface area contributed by atoms with E-state index in [-0.39, 0.29) is 0 Å². The number of aliphatic imine (C=N–C) groups is 1. The minimum absolute atomic E-state index is 0.486. The van der Waals surface area contributed by atoms with E-state index in [0.29, 0.717) is 18.0 Å². The van der Waals surface area contributed by atoms with E-state index in [0.717, 1.165) is 32.5 Å². The van der Waals surface area contributed by atoms with Crippen molar-refractivity contribution >= 4 is 5.96 Å². The predicted molar refractivity (Wildman–Crippen MR) is 91.9 cm³/mol. The lowest BCUT2D eigenvalue weighted by molar-refractivity contribution is 0.178. The molecule has 3 rings (SSSR count). The molecule has 4 heteroatoms. The monoisotopic (exact) mass is 300 g/mol. The topological polar surface area (TPSA) is 44.9 Å². The second-order valence-corrected chi connectivity index (χ2v) is 6.59. The van der Waals surface area contributed by atoms with Crippen LogP contribution in [-0.2, 0) is 13.0 Å². The Morgan fingerprint density at radius 3 is 2.77 bits per heavy atom. The number of nitrogens with zero attached hydrogens (tertiary/aromatic N) is 3. The second kappa shape index (κ2) is 6.69. The molecule has 0 aromatic heterocycles. The molecule has 1 aliphatic heterocycles. The number of guanidine groups is 1. The summed E-state index contributed by atoms with van der Waals surface area (Å²) in [5.74, 6) is 0.707. The van der Waals surface area contributed by atoms with Gasteiger partial charge in [0.05, 0.1) is 6.54 Å². The number of hydrogen-bond acceptors (Lipinski definition) is 2. The van der Waals surface area contributed by atoms with E-state index in [1.165, 1.54) is 24.0 Å². The van der Waals surface area contributed by atoms with Gasteiger partial charge in [-0.1, -0.05) is 31.2 Å². The Kier molecular flexibility index (Phi) is 4.67. The Balaban J connectivity index is 1.61. The smallest absolute Gasteiger partial charge is 0.191 e. The summed E-state index contributed by atoms with van der Waals surface area (Å²) in [5.41, 5.74) is 9.10. The summed E-state index contributed by atoms with van der Waals surface area (Å²) in [6, 6.07) is 9.92. The van der Waals surface area contributed by atoms with Gasteiger partial charge in [-0.25, -0.2) is 0 Å². The van der Waals surface area contributed by atoms with Gasteiger partial charge in [0.1, 0.15) is 0 Å². The number of nitrogens with two attached hydrogens (primary N) is 1. The van der Waals surface area contributed by atoms with Crippen molar-refractivity contribution in [2.24, 2.45) is 10.7 Å². The molecule has 1 aromatic rings. The Bertz CT molecular complexity index is 536. The molecule has 0 spiro atoms. The van der Waals surface area contributed by atoms with Crippen LogP contribution in [0.2, 0.25) is 0 Å². The van der Waals surface area contributed by atoms with E-state index in [2.05, 4.69) is 53.0 Å². The lowest BCUT2D eigenvalue weighted by Gasteiger charge is -2.34. The minimum Gasteiger partial charge on any atom is -0.370 e. The fourth-order valence-corrected chi connectivity index (χ4v) is 3.29. The molecule has 22 heavy (non-hydrogen) atoms. The first kappa shape index (κ1) is 15.3. The molecule has 1 saturated carbocycles. The van der Waals surface area contributed by atoms with Gasteiger partial charge in [-0.2, -0.15) is 0 Å². The SMILES string of the molecule is CCC(CN=C(N)N(C)C1CC1)N1CCc2ccccc2C1. The van der Waals surface area contributed by atoms with E-state index in [9.17, 15) is 0 Å². The maximum absolute atomic E-state index is 6.12. The molecule has 1 atom stereocenters. The van der Waals surface area contributed by atoms with Crippen LogP contribution in [0.5, 0.6) is 0 Å². The van der Waals surface area contributed by atoms with E-state index in [1.807, 2.05) is 0 Å². The highest BCUT2D eigenvalue weighted by molar-refractivity contribution is 5.78. The number of hydrogen-bond donors (Lipinski definition) is 1. The van der Waals surface area contributed by atoms with Gasteiger partial charge in [0.2, 0.25) is 0 Å². The first-order valence-electron chi connectivity index (χ1n) is 8.52. The molecule has 2 N–H and O–H groups in total. The fraction of sp³-hybridized carbons (Fsp3) is 0.611. The number of fused-ring (bicyclic) bond motifs is 1. The molecule has 0 bridgehead atoms. The third-order valence-electron chi connectivity index (χ3n) is 5.07. The molecule has 2 aliphatic rings. The van der Waals surface area contributed by atoms with Gasteiger partial charge in [0.15, 0.2) is 5.96 Å². The number of benzene rings is 1. The van der Waals surface area contributed by atoms with Crippen molar-refractivity contribution in [2.45, 2.75) is 51.2 Å². The van der Waals surface area contributed by atoms with Gasteiger partial charge < -0.3 is 10.6 Å². The normalized spacial score (nSPS) is 20.5. The van der Waals surface area contributed by atoms with Gasteiger partial charge >= 0.3 is 0 Å². The maximum Gasteiger partial charge on any atom is 0.191 e. The first-order chi connectivity index (χ1) is 10.7. The average Bonchev–Trinajstić information content (AvgIpc) is 3.39. The van der Waals surface area contributed by atoms with Crippen LogP contribution in [-0.4, -0.2) is 48.0 Å². The minimum atomic E-state index is 0.486. The molecular weight excluding hydrogens is 272 g/mol. The highest BCUT2D eigenvalue weighted by Gasteiger charge is 2.28. The van der Waals surface area contributed by atoms with Crippen molar-refractivity contribution < 1.29 is 0 Å². The summed E-state index contributed by atoms with van der Waals surface area (Å²) >= 11 is 0. The Morgan fingerprint density at radius 1 is 1.36 bits per heavy atom. The van der Waals surface area contributed by atoms with Crippen LogP contribution in [0.4, 0.5) is 0 Å². The third-order valence-corrected chi connectivity index (χ3v) is 5.07. The molecule has 120 valence electrons. The van der Waals surface area contributed by atoms with Crippen molar-refractivity contribution in [1.29, 1.82) is 0 Å². The van der Waals surface area contributed by atoms with E-state index < -0.39 is 0 Å². The lowest BCUT2D eigenvalue weighted by atomic mass is 9.98.